The molecule has 0 N–H and O–H groups in total. The first-order valence-corrected chi connectivity index (χ1v) is 16.7. The van der Waals surface area contributed by atoms with E-state index < -0.39 is 0 Å². The molecule has 0 spiro atoms. The topological polar surface area (TPSA) is 35.5 Å². The Labute approximate surface area is 250 Å². The van der Waals surface area contributed by atoms with Gasteiger partial charge in [0.05, 0.1) is 18.3 Å². The molecule has 3 heteroatoms. The second kappa shape index (κ2) is 12.7. The summed E-state index contributed by atoms with van der Waals surface area (Å²) in [5.74, 6) is 7.46. The maximum Gasteiger partial charge on any atom is 0.338 e. The average molecular weight is 559 g/mol. The van der Waals surface area contributed by atoms with E-state index in [9.17, 15) is 4.79 Å². The highest BCUT2D eigenvalue weighted by Crippen LogP contribution is 2.67. The van der Waals surface area contributed by atoms with E-state index in [-0.39, 0.29) is 18.7 Å². The van der Waals surface area contributed by atoms with Gasteiger partial charge in [-0.3, -0.25) is 0 Å². The molecule has 0 bridgehead atoms. The zero-order valence-electron chi connectivity index (χ0n) is 26.4. The van der Waals surface area contributed by atoms with Crippen LogP contribution in [-0.4, -0.2) is 25.3 Å². The number of benzene rings is 1. The molecular weight excluding hydrogens is 504 g/mol. The molecule has 4 aliphatic rings. The predicted octanol–water partition coefficient (Wildman–Crippen LogP) is 9.25. The second-order valence-corrected chi connectivity index (χ2v) is 14.9. The molecule has 0 radical (unpaired) electrons. The summed E-state index contributed by atoms with van der Waals surface area (Å²) in [5, 5.41) is 0. The molecule has 1 aromatic rings. The number of terminal acetylenes is 1. The van der Waals surface area contributed by atoms with Gasteiger partial charge in [0, 0.05) is 5.56 Å². The smallest absolute Gasteiger partial charge is 0.338 e. The first kappa shape index (κ1) is 30.4. The minimum atomic E-state index is -0.321. The largest absolute Gasteiger partial charge is 0.460 e. The van der Waals surface area contributed by atoms with Crippen molar-refractivity contribution < 1.29 is 14.3 Å². The first-order valence-electron chi connectivity index (χ1n) is 16.7. The van der Waals surface area contributed by atoms with Gasteiger partial charge in [0.15, 0.2) is 0 Å². The lowest BCUT2D eigenvalue weighted by atomic mass is 9.47. The number of rotatable bonds is 10. The van der Waals surface area contributed by atoms with Crippen molar-refractivity contribution in [1.29, 1.82) is 0 Å². The number of hydrogen-bond acceptors (Lipinski definition) is 3. The summed E-state index contributed by atoms with van der Waals surface area (Å²) in [7, 11) is 0. The van der Waals surface area contributed by atoms with Crippen LogP contribution in [0, 0.1) is 58.7 Å². The van der Waals surface area contributed by atoms with Crippen LogP contribution in [0.3, 0.4) is 0 Å². The summed E-state index contributed by atoms with van der Waals surface area (Å²) in [6, 6.07) is 6.97. The van der Waals surface area contributed by atoms with E-state index in [0.717, 1.165) is 53.9 Å². The Morgan fingerprint density at radius 1 is 1.00 bits per heavy atom. The van der Waals surface area contributed by atoms with E-state index in [1.54, 1.807) is 29.8 Å². The Bertz CT molecular complexity index is 1130. The average Bonchev–Trinajstić information content (AvgIpc) is 3.32. The van der Waals surface area contributed by atoms with Crippen LogP contribution in [0.2, 0.25) is 0 Å². The van der Waals surface area contributed by atoms with Gasteiger partial charge in [-0.2, -0.15) is 0 Å². The van der Waals surface area contributed by atoms with E-state index in [0.29, 0.717) is 23.0 Å². The maximum absolute atomic E-state index is 12.4. The molecule has 0 unspecified atom stereocenters. The highest BCUT2D eigenvalue weighted by Gasteiger charge is 2.59. The highest BCUT2D eigenvalue weighted by atomic mass is 16.6. The van der Waals surface area contributed by atoms with Crippen molar-refractivity contribution in [1.82, 2.24) is 0 Å². The van der Waals surface area contributed by atoms with Crippen molar-refractivity contribution in [3.8, 4) is 12.3 Å². The van der Waals surface area contributed by atoms with E-state index in [1.165, 1.54) is 57.8 Å². The molecule has 0 heterocycles. The normalized spacial score (nSPS) is 35.0. The van der Waals surface area contributed by atoms with Crippen LogP contribution in [0.25, 0.3) is 0 Å². The molecule has 3 saturated carbocycles. The van der Waals surface area contributed by atoms with Crippen molar-refractivity contribution in [2.24, 2.45) is 46.3 Å². The van der Waals surface area contributed by atoms with Crippen molar-refractivity contribution >= 4 is 5.97 Å². The monoisotopic (exact) mass is 558 g/mol. The van der Waals surface area contributed by atoms with Gasteiger partial charge in [0.2, 0.25) is 0 Å². The molecular formula is C38H54O3. The predicted molar refractivity (Wildman–Crippen MR) is 167 cm³/mol. The summed E-state index contributed by atoms with van der Waals surface area (Å²) in [6.45, 7) is 13.3. The van der Waals surface area contributed by atoms with E-state index in [2.05, 4.69) is 46.6 Å². The highest BCUT2D eigenvalue weighted by molar-refractivity contribution is 5.89. The first-order chi connectivity index (χ1) is 19.7. The molecule has 224 valence electrons. The minimum Gasteiger partial charge on any atom is -0.460 e. The molecule has 3 fully saturated rings. The molecule has 5 rings (SSSR count). The minimum absolute atomic E-state index is 0.232. The van der Waals surface area contributed by atoms with Crippen molar-refractivity contribution in [2.75, 3.05) is 13.2 Å². The Morgan fingerprint density at radius 2 is 1.78 bits per heavy atom. The van der Waals surface area contributed by atoms with Gasteiger partial charge in [-0.25, -0.2) is 4.79 Å². The SMILES string of the molecule is C#Cc1ccc(C(=O)OCCO[C@H]2CC[C@@]3(C)C(=CC[C@H]4[C@@H]5CC[C@H]([C@H](C)CCCC(C)C)[C@@]5(C)CC[C@@H]43)C2)cc1. The molecule has 0 amide bonds. The number of carbonyl (C=O) groups excluding carboxylic acids is 1. The zero-order chi connectivity index (χ0) is 29.2. The van der Waals surface area contributed by atoms with Crippen LogP contribution < -0.4 is 0 Å². The lowest BCUT2D eigenvalue weighted by Crippen LogP contribution is -2.51. The molecule has 41 heavy (non-hydrogen) atoms. The van der Waals surface area contributed by atoms with E-state index in [4.69, 9.17) is 15.9 Å². The number of esters is 1. The molecule has 4 aliphatic carbocycles. The second-order valence-electron chi connectivity index (χ2n) is 14.9. The molecule has 0 aromatic heterocycles. The number of hydrogen-bond donors (Lipinski definition) is 0. The molecule has 1 aromatic carbocycles. The summed E-state index contributed by atoms with van der Waals surface area (Å²) in [6.07, 6.45) is 22.9. The fraction of sp³-hybridized carbons (Fsp3) is 0.711. The number of carbonyl (C=O) groups is 1. The summed E-state index contributed by atoms with van der Waals surface area (Å²) in [4.78, 5) is 12.4. The molecule has 0 saturated heterocycles. The lowest BCUT2D eigenvalue weighted by molar-refractivity contribution is -0.0664. The van der Waals surface area contributed by atoms with E-state index >= 15 is 0 Å². The van der Waals surface area contributed by atoms with Crippen molar-refractivity contribution in [3.05, 3.63) is 47.0 Å². The van der Waals surface area contributed by atoms with Crippen LogP contribution >= 0.6 is 0 Å². The summed E-state index contributed by atoms with van der Waals surface area (Å²) >= 11 is 0. The van der Waals surface area contributed by atoms with Gasteiger partial charge in [-0.15, -0.1) is 6.42 Å². The van der Waals surface area contributed by atoms with Crippen molar-refractivity contribution in [3.63, 3.8) is 0 Å². The fourth-order valence-corrected chi connectivity index (χ4v) is 9.93. The fourth-order valence-electron chi connectivity index (χ4n) is 9.93. The Kier molecular flexibility index (Phi) is 9.40. The third kappa shape index (κ3) is 6.20. The molecule has 3 nitrogen and oxygen atoms in total. The maximum atomic E-state index is 12.4. The van der Waals surface area contributed by atoms with Crippen LogP contribution in [0.4, 0.5) is 0 Å². The zero-order valence-corrected chi connectivity index (χ0v) is 26.4. The quantitative estimate of drug-likeness (QED) is 0.124. The van der Waals surface area contributed by atoms with E-state index in [1.807, 2.05) is 0 Å². The van der Waals surface area contributed by atoms with Crippen LogP contribution in [0.1, 0.15) is 121 Å². The van der Waals surface area contributed by atoms with Crippen LogP contribution in [-0.2, 0) is 9.47 Å². The van der Waals surface area contributed by atoms with Gasteiger partial charge >= 0.3 is 5.97 Å². The van der Waals surface area contributed by atoms with Gasteiger partial charge in [0.1, 0.15) is 6.61 Å². The Hall–Kier alpha value is -2.05. The Morgan fingerprint density at radius 3 is 2.51 bits per heavy atom. The summed E-state index contributed by atoms with van der Waals surface area (Å²) < 4.78 is 11.7. The third-order valence-corrected chi connectivity index (χ3v) is 12.2. The summed E-state index contributed by atoms with van der Waals surface area (Å²) in [5.41, 5.74) is 3.82. The van der Waals surface area contributed by atoms with Gasteiger partial charge in [-0.1, -0.05) is 71.5 Å². The number of fused-ring (bicyclic) bond motifs is 5. The Balaban J connectivity index is 1.13. The van der Waals surface area contributed by atoms with Crippen LogP contribution in [0.5, 0.6) is 0 Å². The van der Waals surface area contributed by atoms with Gasteiger partial charge < -0.3 is 9.47 Å². The lowest BCUT2D eigenvalue weighted by Gasteiger charge is -2.58. The van der Waals surface area contributed by atoms with Crippen molar-refractivity contribution in [2.45, 2.75) is 111 Å². The number of allylic oxidation sites excluding steroid dienone is 1. The number of ether oxygens (including phenoxy) is 2. The third-order valence-electron chi connectivity index (χ3n) is 12.2. The standard InChI is InChI=1S/C38H54O3/c1-7-28-11-13-29(14-12-28)36(39)41-24-23-40-31-19-21-37(5)30(25-31)15-16-32-34-18-17-33(27(4)10-8-9-26(2)3)38(34,6)22-20-35(32)37/h1,11-15,26-27,31-35H,8-10,16-25H2,2-6H3/t27-,31+,32+,33-,34+,35+,37+,38-/m1/s1. The van der Waals surface area contributed by atoms with Crippen LogP contribution in [0.15, 0.2) is 35.9 Å². The van der Waals surface area contributed by atoms with Gasteiger partial charge in [0.25, 0.3) is 0 Å². The van der Waals surface area contributed by atoms with Gasteiger partial charge in [-0.05, 0) is 122 Å². The molecule has 0 aliphatic heterocycles. The molecule has 8 atom stereocenters.